The van der Waals surface area contributed by atoms with Gasteiger partial charge in [0.15, 0.2) is 0 Å². The van der Waals surface area contributed by atoms with Gasteiger partial charge in [0, 0.05) is 0 Å². The molecule has 0 rings (SSSR count). The van der Waals surface area contributed by atoms with Crippen LogP contribution < -0.4 is 0 Å². The molecular weight excluding hydrogens is 106 g/mol. The van der Waals surface area contributed by atoms with E-state index in [-0.39, 0.29) is 12.6 Å². The van der Waals surface area contributed by atoms with Gasteiger partial charge in [0.25, 0.3) is 5.97 Å². The van der Waals surface area contributed by atoms with Gasteiger partial charge in [0.05, 0.1) is 6.10 Å². The van der Waals surface area contributed by atoms with Crippen LogP contribution in [0, 0.1) is 0 Å². The van der Waals surface area contributed by atoms with Gasteiger partial charge in [-0.2, -0.15) is 0 Å². The van der Waals surface area contributed by atoms with Crippen molar-refractivity contribution in [1.82, 2.24) is 0 Å². The first kappa shape index (κ1) is 7.43. The maximum Gasteiger partial charge on any atom is 0.284 e. The summed E-state index contributed by atoms with van der Waals surface area (Å²) in [6, 6.07) is 0. The lowest BCUT2D eigenvalue weighted by Crippen LogP contribution is -2.12. The minimum atomic E-state index is -0.458. The van der Waals surface area contributed by atoms with Crippen LogP contribution in [0.4, 0.5) is 0 Å². The van der Waals surface area contributed by atoms with Crippen molar-refractivity contribution in [3.05, 3.63) is 5.73 Å². The molecule has 0 atom stereocenters. The first-order chi connectivity index (χ1) is 3.66. The van der Waals surface area contributed by atoms with Crippen LogP contribution in [0.2, 0.25) is 0 Å². The molecule has 1 N–H and O–H groups in total. The van der Waals surface area contributed by atoms with Crippen LogP contribution in [0.5, 0.6) is 0 Å². The highest BCUT2D eigenvalue weighted by Crippen LogP contribution is 1.87. The monoisotopic (exact) mass is 116 g/mol. The fraction of sp³-hybridized carbons (Fsp3) is 0.800. The standard InChI is InChI=1S/C5H10NO2/c1-4(2)8-5(7)3-6/h4,6H,3H2,1-2H3/q-1. The number of ether oxygens (including phenoxy) is 1. The Kier molecular flexibility index (Phi) is 3.19. The quantitative estimate of drug-likeness (QED) is 0.505. The summed E-state index contributed by atoms with van der Waals surface area (Å²) in [7, 11) is 0. The zero-order valence-corrected chi connectivity index (χ0v) is 5.10. The summed E-state index contributed by atoms with van der Waals surface area (Å²) < 4.78 is 4.57. The van der Waals surface area contributed by atoms with E-state index in [4.69, 9.17) is 5.73 Å². The number of carbonyl (C=O) groups excluding carboxylic acids is 1. The summed E-state index contributed by atoms with van der Waals surface area (Å²) in [5.74, 6) is -0.458. The van der Waals surface area contributed by atoms with Crippen LogP contribution in [0.3, 0.4) is 0 Å². The van der Waals surface area contributed by atoms with E-state index in [0.29, 0.717) is 0 Å². The molecule has 0 bridgehead atoms. The Bertz CT molecular complexity index is 80.5. The van der Waals surface area contributed by atoms with Gasteiger partial charge in [-0.3, -0.25) is 4.79 Å². The average molecular weight is 116 g/mol. The molecule has 0 amide bonds. The summed E-state index contributed by atoms with van der Waals surface area (Å²) >= 11 is 0. The Morgan fingerprint density at radius 3 is 2.38 bits per heavy atom. The molecule has 0 saturated carbocycles. The van der Waals surface area contributed by atoms with Crippen molar-refractivity contribution in [3.63, 3.8) is 0 Å². The number of carbonyl (C=O) groups is 1. The first-order valence-corrected chi connectivity index (χ1v) is 2.51. The van der Waals surface area contributed by atoms with Crippen LogP contribution in [0.1, 0.15) is 13.8 Å². The lowest BCUT2D eigenvalue weighted by molar-refractivity contribution is -0.144. The van der Waals surface area contributed by atoms with Gasteiger partial charge in [-0.05, 0) is 20.4 Å². The molecule has 0 unspecified atom stereocenters. The van der Waals surface area contributed by atoms with E-state index in [1.165, 1.54) is 0 Å². The molecular formula is C5H10NO2-. The van der Waals surface area contributed by atoms with Crippen LogP contribution in [-0.2, 0) is 9.53 Å². The predicted octanol–water partition coefficient (Wildman–Crippen LogP) is 0.990. The molecule has 0 aliphatic carbocycles. The van der Waals surface area contributed by atoms with E-state index < -0.39 is 5.97 Å². The second-order valence-corrected chi connectivity index (χ2v) is 1.72. The molecule has 0 fully saturated rings. The molecule has 0 aliphatic heterocycles. The van der Waals surface area contributed by atoms with Gasteiger partial charge < -0.3 is 10.5 Å². The van der Waals surface area contributed by atoms with E-state index >= 15 is 0 Å². The fourth-order valence-corrected chi connectivity index (χ4v) is 0.305. The third kappa shape index (κ3) is 3.61. The van der Waals surface area contributed by atoms with E-state index in [0.717, 1.165) is 0 Å². The van der Waals surface area contributed by atoms with Gasteiger partial charge in [0.2, 0.25) is 0 Å². The third-order valence-corrected chi connectivity index (χ3v) is 0.511. The van der Waals surface area contributed by atoms with Crippen molar-refractivity contribution in [1.29, 1.82) is 0 Å². The van der Waals surface area contributed by atoms with Crippen LogP contribution in [0.25, 0.3) is 5.73 Å². The van der Waals surface area contributed by atoms with Crippen LogP contribution >= 0.6 is 0 Å². The van der Waals surface area contributed by atoms with E-state index in [9.17, 15) is 4.79 Å². The molecule has 0 saturated heterocycles. The van der Waals surface area contributed by atoms with E-state index in [1.807, 2.05) is 0 Å². The van der Waals surface area contributed by atoms with Crippen molar-refractivity contribution in [2.24, 2.45) is 0 Å². The predicted molar refractivity (Wildman–Crippen MR) is 30.4 cm³/mol. The van der Waals surface area contributed by atoms with E-state index in [2.05, 4.69) is 4.74 Å². The second-order valence-electron chi connectivity index (χ2n) is 1.72. The normalized spacial score (nSPS) is 9.50. The molecule has 0 aromatic heterocycles. The van der Waals surface area contributed by atoms with Gasteiger partial charge in [-0.1, -0.05) is 0 Å². The topological polar surface area (TPSA) is 50.1 Å². The SMILES string of the molecule is CC(C)OC(=O)C[NH-]. The molecule has 8 heavy (non-hydrogen) atoms. The highest BCUT2D eigenvalue weighted by molar-refractivity contribution is 5.73. The lowest BCUT2D eigenvalue weighted by atomic mass is 10.5. The first-order valence-electron chi connectivity index (χ1n) is 2.51. The Morgan fingerprint density at radius 1 is 1.75 bits per heavy atom. The molecule has 0 radical (unpaired) electrons. The lowest BCUT2D eigenvalue weighted by Gasteiger charge is -2.07. The van der Waals surface area contributed by atoms with Crippen molar-refractivity contribution in [2.75, 3.05) is 6.54 Å². The summed E-state index contributed by atoms with van der Waals surface area (Å²) in [4.78, 5) is 10.2. The maximum atomic E-state index is 10.2. The van der Waals surface area contributed by atoms with Crippen LogP contribution in [0.15, 0.2) is 0 Å². The molecule has 0 aromatic carbocycles. The van der Waals surface area contributed by atoms with Gasteiger partial charge in [-0.15, -0.1) is 0 Å². The zero-order chi connectivity index (χ0) is 6.57. The Balaban J connectivity index is 3.25. The number of rotatable bonds is 2. The largest absolute Gasteiger partial charge is 0.668 e. The van der Waals surface area contributed by atoms with Crippen molar-refractivity contribution in [2.45, 2.75) is 20.0 Å². The summed E-state index contributed by atoms with van der Waals surface area (Å²) in [6.07, 6.45) is -0.0900. The van der Waals surface area contributed by atoms with Gasteiger partial charge in [0.1, 0.15) is 0 Å². The number of hydrogen-bond donors (Lipinski definition) is 0. The number of nitrogens with one attached hydrogen (secondary N) is 1. The Hall–Kier alpha value is -0.570. The van der Waals surface area contributed by atoms with Gasteiger partial charge in [-0.25, -0.2) is 0 Å². The number of esters is 1. The Labute approximate surface area is 48.8 Å². The molecule has 0 heterocycles. The average Bonchev–Trinajstić information content (AvgIpc) is 1.65. The highest BCUT2D eigenvalue weighted by atomic mass is 16.5. The minimum absolute atomic E-state index is 0.0900. The van der Waals surface area contributed by atoms with Crippen LogP contribution in [-0.4, -0.2) is 18.6 Å². The van der Waals surface area contributed by atoms with E-state index in [1.54, 1.807) is 13.8 Å². The Morgan fingerprint density at radius 2 is 2.25 bits per heavy atom. The fourth-order valence-electron chi connectivity index (χ4n) is 0.305. The second kappa shape index (κ2) is 3.43. The number of hydrogen-bond acceptors (Lipinski definition) is 2. The smallest absolute Gasteiger partial charge is 0.284 e. The van der Waals surface area contributed by atoms with Crippen molar-refractivity contribution >= 4 is 5.97 Å². The molecule has 48 valence electrons. The minimum Gasteiger partial charge on any atom is -0.668 e. The van der Waals surface area contributed by atoms with Gasteiger partial charge >= 0.3 is 0 Å². The molecule has 0 spiro atoms. The summed E-state index contributed by atoms with van der Waals surface area (Å²) in [5, 5.41) is 0. The molecule has 0 aliphatic rings. The highest BCUT2D eigenvalue weighted by Gasteiger charge is 1.95. The summed E-state index contributed by atoms with van der Waals surface area (Å²) in [6.45, 7) is 3.24. The third-order valence-electron chi connectivity index (χ3n) is 0.511. The molecule has 0 aromatic rings. The molecule has 3 nitrogen and oxygen atoms in total. The molecule has 3 heteroatoms. The summed E-state index contributed by atoms with van der Waals surface area (Å²) in [5.41, 5.74) is 6.53. The van der Waals surface area contributed by atoms with Crippen molar-refractivity contribution < 1.29 is 9.53 Å². The maximum absolute atomic E-state index is 10.2. The van der Waals surface area contributed by atoms with Crippen molar-refractivity contribution in [3.8, 4) is 0 Å². The zero-order valence-electron chi connectivity index (χ0n) is 5.10.